The number of aromatic nitrogens is 4. The van der Waals surface area contributed by atoms with Crippen molar-refractivity contribution < 1.29 is 5.21 Å². The minimum Gasteiger partial charge on any atom is -0.411 e. The van der Waals surface area contributed by atoms with Crippen LogP contribution in [-0.4, -0.2) is 36.8 Å². The first-order valence-corrected chi connectivity index (χ1v) is 7.07. The highest BCUT2D eigenvalue weighted by Gasteiger charge is 2.33. The molecule has 7 heteroatoms. The van der Waals surface area contributed by atoms with Crippen LogP contribution in [0.3, 0.4) is 0 Å². The van der Waals surface area contributed by atoms with Gasteiger partial charge in [-0.15, -0.1) is 0 Å². The molecule has 0 saturated heterocycles. The van der Waals surface area contributed by atoms with Crippen LogP contribution in [0.2, 0.25) is 0 Å². The highest BCUT2D eigenvalue weighted by atomic mass is 16.4. The van der Waals surface area contributed by atoms with E-state index in [1.165, 1.54) is 0 Å². The fourth-order valence-corrected chi connectivity index (χ4v) is 2.68. The molecule has 0 bridgehead atoms. The van der Waals surface area contributed by atoms with E-state index in [9.17, 15) is 5.21 Å². The second-order valence-corrected chi connectivity index (χ2v) is 5.05. The van der Waals surface area contributed by atoms with E-state index in [1.54, 1.807) is 4.68 Å². The van der Waals surface area contributed by atoms with Gasteiger partial charge in [0, 0.05) is 5.56 Å². The molecule has 1 N–H and O–H groups in total. The molecule has 0 unspecified atom stereocenters. The lowest BCUT2D eigenvalue weighted by atomic mass is 9.94. The van der Waals surface area contributed by atoms with Crippen LogP contribution in [0, 0.1) is 0 Å². The van der Waals surface area contributed by atoms with Crippen molar-refractivity contribution in [2.75, 3.05) is 0 Å². The predicted molar refractivity (Wildman–Crippen MR) is 84.3 cm³/mol. The largest absolute Gasteiger partial charge is 0.411 e. The third kappa shape index (κ3) is 2.18. The van der Waals surface area contributed by atoms with Gasteiger partial charge in [0.2, 0.25) is 0 Å². The number of hydrogen-bond donors (Lipinski definition) is 1. The number of fused-ring (bicyclic) bond motifs is 1. The summed E-state index contributed by atoms with van der Waals surface area (Å²) < 4.78 is 1.55. The summed E-state index contributed by atoms with van der Waals surface area (Å²) in [5.74, 6) is 0.380. The van der Waals surface area contributed by atoms with Crippen LogP contribution >= 0.6 is 0 Å². The van der Waals surface area contributed by atoms with Crippen molar-refractivity contribution in [3.8, 4) is 0 Å². The first-order valence-electron chi connectivity index (χ1n) is 7.07. The Balaban J connectivity index is 1.93. The predicted octanol–water partition coefficient (Wildman–Crippen LogP) is 2.23. The van der Waals surface area contributed by atoms with Crippen molar-refractivity contribution in [3.05, 3.63) is 71.8 Å². The molecule has 2 aromatic carbocycles. The van der Waals surface area contributed by atoms with Crippen LogP contribution in [0.25, 0.3) is 0 Å². The molecule has 112 valence electrons. The van der Waals surface area contributed by atoms with Crippen molar-refractivity contribution in [1.82, 2.24) is 20.2 Å². The molecule has 1 atom stereocenters. The van der Waals surface area contributed by atoms with Gasteiger partial charge in [-0.25, -0.2) is 4.99 Å². The first kappa shape index (κ1) is 13.3. The topological polar surface area (TPSA) is 88.6 Å². The second-order valence-electron chi connectivity index (χ2n) is 5.05. The Labute approximate surface area is 131 Å². The van der Waals surface area contributed by atoms with Crippen LogP contribution in [0.15, 0.2) is 70.8 Å². The van der Waals surface area contributed by atoms with Crippen molar-refractivity contribution in [1.29, 1.82) is 0 Å². The van der Waals surface area contributed by atoms with Gasteiger partial charge in [0.1, 0.15) is 17.5 Å². The third-order valence-corrected chi connectivity index (χ3v) is 3.70. The SMILES string of the molecule is O/N=C1\C(c2ccccc2)=Nc2nnnn2[C@@H]1c1ccccc1. The smallest absolute Gasteiger partial charge is 0.270 e. The van der Waals surface area contributed by atoms with Gasteiger partial charge in [-0.05, 0) is 16.0 Å². The van der Waals surface area contributed by atoms with Crippen LogP contribution < -0.4 is 0 Å². The van der Waals surface area contributed by atoms with Crippen molar-refractivity contribution in [2.45, 2.75) is 6.04 Å². The van der Waals surface area contributed by atoms with E-state index in [4.69, 9.17) is 0 Å². The van der Waals surface area contributed by atoms with E-state index in [-0.39, 0.29) is 0 Å². The highest BCUT2D eigenvalue weighted by Crippen LogP contribution is 2.29. The van der Waals surface area contributed by atoms with E-state index in [0.717, 1.165) is 11.1 Å². The number of nitrogens with zero attached hydrogens (tertiary/aromatic N) is 6. The molecule has 0 spiro atoms. The third-order valence-electron chi connectivity index (χ3n) is 3.70. The Kier molecular flexibility index (Phi) is 3.16. The maximum absolute atomic E-state index is 9.64. The second kappa shape index (κ2) is 5.45. The maximum Gasteiger partial charge on any atom is 0.270 e. The van der Waals surface area contributed by atoms with Gasteiger partial charge in [0.05, 0.1) is 0 Å². The lowest BCUT2D eigenvalue weighted by molar-refractivity contribution is 0.316. The summed E-state index contributed by atoms with van der Waals surface area (Å²) in [4.78, 5) is 4.46. The number of hydrogen-bond acceptors (Lipinski definition) is 6. The number of benzene rings is 2. The fraction of sp³-hybridized carbons (Fsp3) is 0.0625. The molecule has 0 amide bonds. The normalized spacial score (nSPS) is 18.5. The van der Waals surface area contributed by atoms with Gasteiger partial charge in [-0.3, -0.25) is 0 Å². The molecule has 0 saturated carbocycles. The molecular formula is C16H12N6O. The Bertz CT molecular complexity index is 885. The Morgan fingerprint density at radius 2 is 1.65 bits per heavy atom. The molecule has 0 fully saturated rings. The lowest BCUT2D eigenvalue weighted by Gasteiger charge is -2.23. The molecule has 23 heavy (non-hydrogen) atoms. The number of oxime groups is 1. The van der Waals surface area contributed by atoms with E-state index in [2.05, 4.69) is 25.7 Å². The van der Waals surface area contributed by atoms with E-state index < -0.39 is 6.04 Å². The molecule has 3 aromatic rings. The molecule has 1 aromatic heterocycles. The molecule has 0 radical (unpaired) electrons. The summed E-state index contributed by atoms with van der Waals surface area (Å²) in [6.07, 6.45) is 0. The lowest BCUT2D eigenvalue weighted by Crippen LogP contribution is -2.32. The average molecular weight is 304 g/mol. The van der Waals surface area contributed by atoms with Crippen molar-refractivity contribution >= 4 is 17.4 Å². The van der Waals surface area contributed by atoms with Crippen molar-refractivity contribution in [3.63, 3.8) is 0 Å². The van der Waals surface area contributed by atoms with E-state index in [1.807, 2.05) is 60.7 Å². The Morgan fingerprint density at radius 1 is 0.957 bits per heavy atom. The van der Waals surface area contributed by atoms with Crippen LogP contribution in [-0.2, 0) is 0 Å². The average Bonchev–Trinajstić information content (AvgIpc) is 3.09. The van der Waals surface area contributed by atoms with Gasteiger partial charge < -0.3 is 5.21 Å². The molecule has 0 aliphatic carbocycles. The minimum atomic E-state index is -0.432. The number of aliphatic imine (C=N–C) groups is 1. The summed E-state index contributed by atoms with van der Waals surface area (Å²) in [6.45, 7) is 0. The number of tetrazole rings is 1. The summed E-state index contributed by atoms with van der Waals surface area (Å²) >= 11 is 0. The zero-order chi connectivity index (χ0) is 15.6. The van der Waals surface area contributed by atoms with Crippen molar-refractivity contribution in [2.24, 2.45) is 10.1 Å². The zero-order valence-corrected chi connectivity index (χ0v) is 12.0. The molecule has 2 heterocycles. The summed E-state index contributed by atoms with van der Waals surface area (Å²) in [7, 11) is 0. The standard InChI is InChI=1S/C16H12N6O/c23-19-14-13(11-7-3-1-4-8-11)17-16-18-20-21-22(16)15(14)12-9-5-2-6-10-12/h1-10,15,23H/b19-14+/t15-/m1/s1. The van der Waals surface area contributed by atoms with Gasteiger partial charge in [0.25, 0.3) is 5.95 Å². The van der Waals surface area contributed by atoms with Crippen LogP contribution in [0.1, 0.15) is 17.2 Å². The molecule has 1 aliphatic heterocycles. The van der Waals surface area contributed by atoms with Gasteiger partial charge >= 0.3 is 0 Å². The quantitative estimate of drug-likeness (QED) is 0.581. The Hall–Kier alpha value is -3.35. The van der Waals surface area contributed by atoms with E-state index >= 15 is 0 Å². The van der Waals surface area contributed by atoms with Gasteiger partial charge in [-0.1, -0.05) is 70.9 Å². The molecule has 1 aliphatic rings. The fourth-order valence-electron chi connectivity index (χ4n) is 2.68. The maximum atomic E-state index is 9.64. The summed E-state index contributed by atoms with van der Waals surface area (Å²) in [5, 5.41) is 24.8. The number of rotatable bonds is 2. The summed E-state index contributed by atoms with van der Waals surface area (Å²) in [6, 6.07) is 18.8. The van der Waals surface area contributed by atoms with Crippen LogP contribution in [0.4, 0.5) is 5.95 Å². The molecular weight excluding hydrogens is 292 g/mol. The molecule has 7 nitrogen and oxygen atoms in total. The van der Waals surface area contributed by atoms with Crippen LogP contribution in [0.5, 0.6) is 0 Å². The first-order chi connectivity index (χ1) is 11.4. The van der Waals surface area contributed by atoms with Gasteiger partial charge in [0.15, 0.2) is 0 Å². The monoisotopic (exact) mass is 304 g/mol. The van der Waals surface area contributed by atoms with Gasteiger partial charge in [-0.2, -0.15) is 4.68 Å². The zero-order valence-electron chi connectivity index (χ0n) is 12.0. The Morgan fingerprint density at radius 3 is 2.35 bits per heavy atom. The minimum absolute atomic E-state index is 0.380. The summed E-state index contributed by atoms with van der Waals surface area (Å²) in [5.41, 5.74) is 2.72. The molecule has 4 rings (SSSR count). The highest BCUT2D eigenvalue weighted by molar-refractivity contribution is 6.50. The van der Waals surface area contributed by atoms with E-state index in [0.29, 0.717) is 17.4 Å².